The van der Waals surface area contributed by atoms with Crippen LogP contribution >= 0.6 is 0 Å². The third-order valence-corrected chi connectivity index (χ3v) is 5.24. The molecule has 0 aromatic heterocycles. The number of hydrogen-bond acceptors (Lipinski definition) is 3. The van der Waals surface area contributed by atoms with E-state index in [0.717, 1.165) is 44.6 Å². The zero-order chi connectivity index (χ0) is 22.2. The summed E-state index contributed by atoms with van der Waals surface area (Å²) in [5.41, 5.74) is 0. The number of aliphatic imine (C=N–C) groups is 2. The van der Waals surface area contributed by atoms with E-state index in [2.05, 4.69) is 88.2 Å². The number of nitrogens with one attached hydrogen (secondary N) is 3. The standard InChI is InChI=1S/C21H48N6OSi/c1-10-28-29-15-11-13-27(21(25-18(6)7)26-19(8)9)14-12-22-20(23-16(2)3)24-17(4)5/h16-19H,10-15,29H2,1-9H3,(H,25,26)(H2,22,23,24). The molecule has 0 aliphatic rings. The molecule has 0 saturated heterocycles. The van der Waals surface area contributed by atoms with Crippen LogP contribution in [0, 0.1) is 0 Å². The van der Waals surface area contributed by atoms with E-state index in [1.807, 2.05) is 0 Å². The maximum atomic E-state index is 5.63. The third-order valence-electron chi connectivity index (χ3n) is 3.76. The lowest BCUT2D eigenvalue weighted by atomic mass is 10.3. The highest BCUT2D eigenvalue weighted by molar-refractivity contribution is 6.26. The number of rotatable bonds is 13. The van der Waals surface area contributed by atoms with Crippen molar-refractivity contribution in [2.24, 2.45) is 9.98 Å². The summed E-state index contributed by atoms with van der Waals surface area (Å²) in [6.45, 7) is 22.6. The molecule has 0 saturated carbocycles. The van der Waals surface area contributed by atoms with Crippen molar-refractivity contribution in [3.8, 4) is 0 Å². The fraction of sp³-hybridized carbons (Fsp3) is 0.905. The molecule has 0 radical (unpaired) electrons. The van der Waals surface area contributed by atoms with Gasteiger partial charge in [-0.2, -0.15) is 0 Å². The molecule has 172 valence electrons. The van der Waals surface area contributed by atoms with Crippen LogP contribution < -0.4 is 16.0 Å². The molecule has 0 spiro atoms. The van der Waals surface area contributed by atoms with Gasteiger partial charge in [-0.3, -0.25) is 9.98 Å². The summed E-state index contributed by atoms with van der Waals surface area (Å²) >= 11 is 0. The topological polar surface area (TPSA) is 73.3 Å². The van der Waals surface area contributed by atoms with Crippen LogP contribution in [0.25, 0.3) is 0 Å². The van der Waals surface area contributed by atoms with Gasteiger partial charge in [-0.25, -0.2) is 0 Å². The quantitative estimate of drug-likeness (QED) is 0.182. The van der Waals surface area contributed by atoms with Gasteiger partial charge in [0.2, 0.25) is 0 Å². The molecule has 0 unspecified atom stereocenters. The van der Waals surface area contributed by atoms with E-state index in [1.54, 1.807) is 0 Å². The van der Waals surface area contributed by atoms with Gasteiger partial charge in [0.25, 0.3) is 0 Å². The van der Waals surface area contributed by atoms with E-state index in [9.17, 15) is 0 Å². The Bertz CT molecular complexity index is 466. The second kappa shape index (κ2) is 16.5. The van der Waals surface area contributed by atoms with Crippen molar-refractivity contribution in [3.63, 3.8) is 0 Å². The number of guanidine groups is 2. The molecule has 0 aromatic rings. The molecule has 29 heavy (non-hydrogen) atoms. The second-order valence-corrected chi connectivity index (χ2v) is 10.1. The Morgan fingerprint density at radius 3 is 2.03 bits per heavy atom. The van der Waals surface area contributed by atoms with Crippen molar-refractivity contribution in [2.75, 3.05) is 26.2 Å². The zero-order valence-corrected chi connectivity index (χ0v) is 21.9. The molecule has 0 aliphatic heterocycles. The van der Waals surface area contributed by atoms with Crippen LogP contribution in [0.5, 0.6) is 0 Å². The first-order valence-electron chi connectivity index (χ1n) is 11.4. The average Bonchev–Trinajstić information content (AvgIpc) is 2.57. The van der Waals surface area contributed by atoms with Gasteiger partial charge in [0, 0.05) is 50.4 Å². The molecule has 7 nitrogen and oxygen atoms in total. The minimum atomic E-state index is -0.390. The fourth-order valence-electron chi connectivity index (χ4n) is 2.66. The van der Waals surface area contributed by atoms with Crippen LogP contribution in [0.1, 0.15) is 68.7 Å². The molecule has 0 rings (SSSR count). The summed E-state index contributed by atoms with van der Waals surface area (Å²) in [6, 6.07) is 2.40. The predicted octanol–water partition coefficient (Wildman–Crippen LogP) is 2.33. The fourth-order valence-corrected chi connectivity index (χ4v) is 3.58. The molecule has 3 N–H and O–H groups in total. The lowest BCUT2D eigenvalue weighted by molar-refractivity contribution is 0.353. The summed E-state index contributed by atoms with van der Waals surface area (Å²) in [5.74, 6) is 1.87. The zero-order valence-electron chi connectivity index (χ0n) is 20.5. The van der Waals surface area contributed by atoms with Gasteiger partial charge in [0.05, 0.1) is 0 Å². The monoisotopic (exact) mass is 428 g/mol. The van der Waals surface area contributed by atoms with Gasteiger partial charge in [0.15, 0.2) is 21.7 Å². The van der Waals surface area contributed by atoms with Crippen LogP contribution in [0.2, 0.25) is 6.04 Å². The van der Waals surface area contributed by atoms with Crippen molar-refractivity contribution >= 4 is 21.7 Å². The largest absolute Gasteiger partial charge is 0.424 e. The Balaban J connectivity index is 5.06. The summed E-state index contributed by atoms with van der Waals surface area (Å²) in [7, 11) is -0.390. The smallest absolute Gasteiger partial charge is 0.194 e. The summed E-state index contributed by atoms with van der Waals surface area (Å²) in [5, 5.41) is 10.4. The normalized spacial score (nSPS) is 13.4. The molecule has 0 aliphatic carbocycles. The lowest BCUT2D eigenvalue weighted by Gasteiger charge is -2.29. The second-order valence-electron chi connectivity index (χ2n) is 8.53. The highest BCUT2D eigenvalue weighted by Gasteiger charge is 2.14. The maximum Gasteiger partial charge on any atom is 0.194 e. The molecular formula is C21H48N6OSi. The lowest BCUT2D eigenvalue weighted by Crippen LogP contribution is -2.49. The Kier molecular flexibility index (Phi) is 15.8. The summed E-state index contributed by atoms with van der Waals surface area (Å²) in [6.07, 6.45) is 1.14. The highest BCUT2D eigenvalue weighted by Crippen LogP contribution is 2.01. The Morgan fingerprint density at radius 2 is 1.52 bits per heavy atom. The van der Waals surface area contributed by atoms with E-state index in [-0.39, 0.29) is 21.8 Å². The minimum Gasteiger partial charge on any atom is -0.424 e. The Hall–Kier alpha value is -1.28. The molecule has 0 atom stereocenters. The van der Waals surface area contributed by atoms with E-state index in [0.29, 0.717) is 12.1 Å². The van der Waals surface area contributed by atoms with Crippen LogP contribution in [-0.4, -0.2) is 77.0 Å². The molecule has 0 amide bonds. The van der Waals surface area contributed by atoms with Gasteiger partial charge < -0.3 is 25.3 Å². The number of hydrogen-bond donors (Lipinski definition) is 3. The first kappa shape index (κ1) is 27.7. The number of nitrogens with zero attached hydrogens (tertiary/aromatic N) is 3. The SMILES string of the molecule is CCO[SiH2]CCCN(CCNC(=NC(C)C)NC(C)C)C(=NC(C)C)NC(C)C. The summed E-state index contributed by atoms with van der Waals surface area (Å²) < 4.78 is 5.63. The molecule has 0 heterocycles. The first-order chi connectivity index (χ1) is 13.6. The van der Waals surface area contributed by atoms with E-state index in [1.165, 1.54) is 6.04 Å². The van der Waals surface area contributed by atoms with Crippen molar-refractivity contribution in [3.05, 3.63) is 0 Å². The van der Waals surface area contributed by atoms with E-state index in [4.69, 9.17) is 9.42 Å². The Morgan fingerprint density at radius 1 is 0.897 bits per heavy atom. The Labute approximate surface area is 182 Å². The predicted molar refractivity (Wildman–Crippen MR) is 131 cm³/mol. The first-order valence-corrected chi connectivity index (χ1v) is 13.0. The van der Waals surface area contributed by atoms with Crippen LogP contribution in [-0.2, 0) is 4.43 Å². The summed E-state index contributed by atoms with van der Waals surface area (Å²) in [4.78, 5) is 11.9. The molecule has 0 fully saturated rings. The van der Waals surface area contributed by atoms with Gasteiger partial charge in [-0.1, -0.05) is 0 Å². The average molecular weight is 429 g/mol. The van der Waals surface area contributed by atoms with Gasteiger partial charge in [-0.05, 0) is 74.8 Å². The maximum absolute atomic E-state index is 5.63. The van der Waals surface area contributed by atoms with Gasteiger partial charge in [-0.15, -0.1) is 0 Å². The van der Waals surface area contributed by atoms with Gasteiger partial charge >= 0.3 is 0 Å². The van der Waals surface area contributed by atoms with Crippen molar-refractivity contribution in [1.29, 1.82) is 0 Å². The molecule has 8 heteroatoms. The van der Waals surface area contributed by atoms with Crippen LogP contribution in [0.15, 0.2) is 9.98 Å². The van der Waals surface area contributed by atoms with E-state index >= 15 is 0 Å². The van der Waals surface area contributed by atoms with Crippen molar-refractivity contribution in [1.82, 2.24) is 20.9 Å². The van der Waals surface area contributed by atoms with Gasteiger partial charge in [0.1, 0.15) is 0 Å². The minimum absolute atomic E-state index is 0.254. The third kappa shape index (κ3) is 16.2. The van der Waals surface area contributed by atoms with Crippen molar-refractivity contribution in [2.45, 2.75) is 98.9 Å². The van der Waals surface area contributed by atoms with Crippen LogP contribution in [0.3, 0.4) is 0 Å². The van der Waals surface area contributed by atoms with Crippen LogP contribution in [0.4, 0.5) is 0 Å². The molecular weight excluding hydrogens is 380 g/mol. The molecule has 0 bridgehead atoms. The van der Waals surface area contributed by atoms with E-state index < -0.39 is 0 Å². The highest BCUT2D eigenvalue weighted by atomic mass is 28.2. The molecule has 0 aromatic carbocycles. The van der Waals surface area contributed by atoms with Crippen molar-refractivity contribution < 1.29 is 4.43 Å².